The van der Waals surface area contributed by atoms with Crippen molar-refractivity contribution < 1.29 is 39.8 Å². The summed E-state index contributed by atoms with van der Waals surface area (Å²) in [5.41, 5.74) is 0. The highest BCUT2D eigenvalue weighted by molar-refractivity contribution is 5.76. The molecule has 1 aliphatic rings. The van der Waals surface area contributed by atoms with E-state index in [0.29, 0.717) is 6.42 Å². The molecule has 0 bridgehead atoms. The van der Waals surface area contributed by atoms with Gasteiger partial charge in [0.05, 0.1) is 25.4 Å². The highest BCUT2D eigenvalue weighted by Gasteiger charge is 2.44. The van der Waals surface area contributed by atoms with E-state index >= 15 is 0 Å². The lowest BCUT2D eigenvalue weighted by molar-refractivity contribution is -0.302. The van der Waals surface area contributed by atoms with Crippen molar-refractivity contribution in [1.29, 1.82) is 0 Å². The molecule has 1 fully saturated rings. The number of amides is 1. The highest BCUT2D eigenvalue weighted by atomic mass is 16.7. The minimum atomic E-state index is -1.56. The molecule has 1 aliphatic heterocycles. The van der Waals surface area contributed by atoms with Crippen molar-refractivity contribution in [2.75, 3.05) is 13.2 Å². The largest absolute Gasteiger partial charge is 0.394 e. The summed E-state index contributed by atoms with van der Waals surface area (Å²) in [6.45, 7) is 3.52. The van der Waals surface area contributed by atoms with E-state index in [1.54, 1.807) is 6.08 Å². The summed E-state index contributed by atoms with van der Waals surface area (Å²) in [6, 6.07) is -0.794. The average Bonchev–Trinajstić information content (AvgIpc) is 3.09. The zero-order chi connectivity index (χ0) is 35.2. The van der Waals surface area contributed by atoms with Crippen molar-refractivity contribution >= 4 is 5.91 Å². The van der Waals surface area contributed by atoms with Gasteiger partial charge in [-0.25, -0.2) is 0 Å². The summed E-state index contributed by atoms with van der Waals surface area (Å²) in [5, 5.41) is 53.3. The molecule has 0 saturated carbocycles. The maximum Gasteiger partial charge on any atom is 0.220 e. The standard InChI is InChI=1S/C39H75NO8/c1-3-5-7-8-9-10-11-12-13-14-15-16-17-18-19-20-21-22-23-24-25-26-27-28-33(42)32(40-35(43)29-6-4-2)31-47-39-38(46)37(45)36(44)34(30-41)48-39/h27-28,32-34,36-39,41-42,44-46H,3-26,29-31H2,1-2H3,(H,40,43)/b28-27+. The maximum absolute atomic E-state index is 12.4. The van der Waals surface area contributed by atoms with E-state index in [2.05, 4.69) is 12.2 Å². The van der Waals surface area contributed by atoms with Gasteiger partial charge in [0.2, 0.25) is 5.91 Å². The van der Waals surface area contributed by atoms with E-state index in [1.807, 2.05) is 13.0 Å². The van der Waals surface area contributed by atoms with Gasteiger partial charge in [0.1, 0.15) is 24.4 Å². The number of carbonyl (C=O) groups is 1. The van der Waals surface area contributed by atoms with Gasteiger partial charge < -0.3 is 40.3 Å². The number of rotatable bonds is 32. The molecule has 7 atom stereocenters. The van der Waals surface area contributed by atoms with Gasteiger partial charge in [-0.3, -0.25) is 4.79 Å². The number of aliphatic hydroxyl groups is 5. The van der Waals surface area contributed by atoms with Gasteiger partial charge in [-0.05, 0) is 19.3 Å². The van der Waals surface area contributed by atoms with Gasteiger partial charge in [0.25, 0.3) is 0 Å². The number of hydrogen-bond donors (Lipinski definition) is 6. The minimum Gasteiger partial charge on any atom is -0.394 e. The van der Waals surface area contributed by atoms with E-state index < -0.39 is 49.5 Å². The van der Waals surface area contributed by atoms with Crippen molar-refractivity contribution in [3.05, 3.63) is 12.2 Å². The Balaban J connectivity index is 2.14. The molecular weight excluding hydrogens is 610 g/mol. The average molecular weight is 686 g/mol. The molecule has 1 heterocycles. The van der Waals surface area contributed by atoms with E-state index in [4.69, 9.17) is 9.47 Å². The van der Waals surface area contributed by atoms with E-state index in [1.165, 1.54) is 122 Å². The van der Waals surface area contributed by atoms with Gasteiger partial charge in [-0.1, -0.05) is 161 Å². The summed E-state index contributed by atoms with van der Waals surface area (Å²) in [4.78, 5) is 12.4. The predicted octanol–water partition coefficient (Wildman–Crippen LogP) is 7.00. The Morgan fingerprint density at radius 2 is 1.15 bits per heavy atom. The summed E-state index contributed by atoms with van der Waals surface area (Å²) >= 11 is 0. The second-order valence-electron chi connectivity index (χ2n) is 14.1. The van der Waals surface area contributed by atoms with Crippen LogP contribution >= 0.6 is 0 Å². The van der Waals surface area contributed by atoms with Gasteiger partial charge in [-0.15, -0.1) is 0 Å². The van der Waals surface area contributed by atoms with E-state index in [9.17, 15) is 30.3 Å². The number of ether oxygens (including phenoxy) is 2. The number of aliphatic hydroxyl groups excluding tert-OH is 5. The number of nitrogens with one attached hydrogen (secondary N) is 1. The topological polar surface area (TPSA) is 149 Å². The Bertz CT molecular complexity index is 766. The molecule has 9 nitrogen and oxygen atoms in total. The summed E-state index contributed by atoms with van der Waals surface area (Å²) in [7, 11) is 0. The SMILES string of the molecule is CCCCCCCCCCCCCCCCCCCCCCC/C=C/C(O)C(COC1OC(CO)C(O)C(O)C1O)NC(=O)CCCC. The normalized spacial score (nSPS) is 22.7. The first-order chi connectivity index (χ1) is 23.3. The zero-order valence-electron chi connectivity index (χ0n) is 30.7. The second-order valence-corrected chi connectivity index (χ2v) is 14.1. The molecule has 284 valence electrons. The van der Waals surface area contributed by atoms with Crippen LogP contribution in [0.15, 0.2) is 12.2 Å². The molecule has 1 saturated heterocycles. The highest BCUT2D eigenvalue weighted by Crippen LogP contribution is 2.22. The third-order valence-corrected chi connectivity index (χ3v) is 9.61. The summed E-state index contributed by atoms with van der Waals surface area (Å²) in [5.74, 6) is -0.212. The van der Waals surface area contributed by atoms with Gasteiger partial charge in [0, 0.05) is 6.42 Å². The molecule has 0 aromatic heterocycles. The van der Waals surface area contributed by atoms with Crippen LogP contribution in [0.25, 0.3) is 0 Å². The lowest BCUT2D eigenvalue weighted by Crippen LogP contribution is -2.60. The van der Waals surface area contributed by atoms with Crippen molar-refractivity contribution in [3.63, 3.8) is 0 Å². The van der Waals surface area contributed by atoms with Crippen molar-refractivity contribution in [2.24, 2.45) is 0 Å². The van der Waals surface area contributed by atoms with Crippen molar-refractivity contribution in [3.8, 4) is 0 Å². The first-order valence-electron chi connectivity index (χ1n) is 19.9. The van der Waals surface area contributed by atoms with Crippen LogP contribution in [-0.4, -0.2) is 87.5 Å². The third kappa shape index (κ3) is 21.9. The first-order valence-corrected chi connectivity index (χ1v) is 19.9. The predicted molar refractivity (Wildman–Crippen MR) is 194 cm³/mol. The molecule has 1 rings (SSSR count). The fraction of sp³-hybridized carbons (Fsp3) is 0.923. The zero-order valence-corrected chi connectivity index (χ0v) is 30.7. The molecule has 0 spiro atoms. The van der Waals surface area contributed by atoms with Crippen LogP contribution in [0.5, 0.6) is 0 Å². The summed E-state index contributed by atoms with van der Waals surface area (Å²) < 4.78 is 11.0. The smallest absolute Gasteiger partial charge is 0.220 e. The summed E-state index contributed by atoms with van der Waals surface area (Å²) in [6.07, 6.45) is 26.7. The molecule has 1 amide bonds. The minimum absolute atomic E-state index is 0.189. The Morgan fingerprint density at radius 1 is 0.688 bits per heavy atom. The molecule has 7 unspecified atom stereocenters. The molecule has 0 aliphatic carbocycles. The van der Waals surface area contributed by atoms with E-state index in [-0.39, 0.29) is 12.5 Å². The maximum atomic E-state index is 12.4. The fourth-order valence-electron chi connectivity index (χ4n) is 6.31. The van der Waals surface area contributed by atoms with Crippen LogP contribution in [0, 0.1) is 0 Å². The van der Waals surface area contributed by atoms with Crippen LogP contribution in [-0.2, 0) is 14.3 Å². The fourth-order valence-corrected chi connectivity index (χ4v) is 6.31. The Hall–Kier alpha value is -1.07. The van der Waals surface area contributed by atoms with Crippen LogP contribution in [0.2, 0.25) is 0 Å². The van der Waals surface area contributed by atoms with Crippen molar-refractivity contribution in [2.45, 2.75) is 217 Å². The van der Waals surface area contributed by atoms with Crippen LogP contribution in [0.4, 0.5) is 0 Å². The molecule has 0 radical (unpaired) electrons. The number of hydrogen-bond acceptors (Lipinski definition) is 8. The second kappa shape index (κ2) is 30.7. The van der Waals surface area contributed by atoms with Gasteiger partial charge in [0.15, 0.2) is 6.29 Å². The van der Waals surface area contributed by atoms with Gasteiger partial charge >= 0.3 is 0 Å². The number of unbranched alkanes of at least 4 members (excludes halogenated alkanes) is 22. The van der Waals surface area contributed by atoms with Crippen molar-refractivity contribution in [1.82, 2.24) is 5.32 Å². The Labute approximate surface area is 293 Å². The molecule has 0 aromatic rings. The molecule has 9 heteroatoms. The molecule has 6 N–H and O–H groups in total. The quantitative estimate of drug-likeness (QED) is 0.0328. The monoisotopic (exact) mass is 686 g/mol. The van der Waals surface area contributed by atoms with Crippen LogP contribution < -0.4 is 5.32 Å². The third-order valence-electron chi connectivity index (χ3n) is 9.61. The van der Waals surface area contributed by atoms with E-state index in [0.717, 1.165) is 32.1 Å². The van der Waals surface area contributed by atoms with Crippen LogP contribution in [0.3, 0.4) is 0 Å². The molecule has 0 aromatic carbocycles. The van der Waals surface area contributed by atoms with Crippen LogP contribution in [0.1, 0.15) is 174 Å². The van der Waals surface area contributed by atoms with Gasteiger partial charge in [-0.2, -0.15) is 0 Å². The first kappa shape index (κ1) is 45.0. The number of carbonyl (C=O) groups excluding carboxylic acids is 1. The lowest BCUT2D eigenvalue weighted by atomic mass is 9.99. The molecular formula is C39H75NO8. The molecule has 48 heavy (non-hydrogen) atoms. The lowest BCUT2D eigenvalue weighted by Gasteiger charge is -2.40. The Kier molecular flexibility index (Phi) is 28.8. The Morgan fingerprint density at radius 3 is 1.60 bits per heavy atom. The number of allylic oxidation sites excluding steroid dienone is 1.